The third-order valence-corrected chi connectivity index (χ3v) is 5.45. The molecule has 0 amide bonds. The lowest BCUT2D eigenvalue weighted by molar-refractivity contribution is -0.140. The maximum Gasteiger partial charge on any atom is 0.305 e. The van der Waals surface area contributed by atoms with Crippen LogP contribution in [0.4, 0.5) is 0 Å². The topological polar surface area (TPSA) is 117 Å². The molecule has 0 saturated heterocycles. The first kappa shape index (κ1) is 23.2. The van der Waals surface area contributed by atoms with Crippen LogP contribution in [0.15, 0.2) is 45.6 Å². The molecule has 32 heavy (non-hydrogen) atoms. The highest BCUT2D eigenvalue weighted by atomic mass is 16.5. The number of carbonyl (C=O) groups is 1. The van der Waals surface area contributed by atoms with Crippen molar-refractivity contribution < 1.29 is 29.3 Å². The standard InChI is InChI=1S/C25H28O7/c1-31-22(29)9-7-5-3-2-4-6-8-20-23(16-10-12-17(26)13-11-16)25(30)24-19(28)14-18(27)15-21(24)32-20/h10-15,26-28H,2-9H2,1H3. The molecule has 3 aromatic rings. The molecule has 7 heteroatoms. The Bertz CT molecular complexity index is 1130. The molecule has 0 fully saturated rings. The predicted molar refractivity (Wildman–Crippen MR) is 121 cm³/mol. The highest BCUT2D eigenvalue weighted by molar-refractivity contribution is 5.88. The molecule has 1 aromatic heterocycles. The fraction of sp³-hybridized carbons (Fsp3) is 0.360. The quantitative estimate of drug-likeness (QED) is 0.299. The summed E-state index contributed by atoms with van der Waals surface area (Å²) in [5, 5.41) is 29.6. The minimum Gasteiger partial charge on any atom is -0.508 e. The molecule has 0 aliphatic rings. The molecule has 3 rings (SSSR count). The zero-order chi connectivity index (χ0) is 23.1. The van der Waals surface area contributed by atoms with Crippen LogP contribution in [-0.4, -0.2) is 28.4 Å². The van der Waals surface area contributed by atoms with Gasteiger partial charge in [0.05, 0.1) is 12.7 Å². The number of aromatic hydroxyl groups is 3. The number of unbranched alkanes of at least 4 members (excludes halogenated alkanes) is 5. The summed E-state index contributed by atoms with van der Waals surface area (Å²) >= 11 is 0. The number of hydrogen-bond acceptors (Lipinski definition) is 7. The van der Waals surface area contributed by atoms with Crippen LogP contribution in [0.1, 0.15) is 50.7 Å². The van der Waals surface area contributed by atoms with Crippen molar-refractivity contribution in [3.63, 3.8) is 0 Å². The van der Waals surface area contributed by atoms with E-state index in [-0.39, 0.29) is 39.6 Å². The SMILES string of the molecule is COC(=O)CCCCCCCCc1oc2cc(O)cc(O)c2c(=O)c1-c1ccc(O)cc1. The second-order valence-electron chi connectivity index (χ2n) is 7.81. The average Bonchev–Trinajstić information content (AvgIpc) is 2.75. The zero-order valence-electron chi connectivity index (χ0n) is 18.1. The molecule has 0 aliphatic carbocycles. The van der Waals surface area contributed by atoms with E-state index >= 15 is 0 Å². The molecule has 2 aromatic carbocycles. The molecule has 0 unspecified atom stereocenters. The Balaban J connectivity index is 1.76. The number of methoxy groups -OCH3 is 1. The van der Waals surface area contributed by atoms with Gasteiger partial charge in [-0.1, -0.05) is 37.8 Å². The fourth-order valence-electron chi connectivity index (χ4n) is 3.79. The van der Waals surface area contributed by atoms with Gasteiger partial charge in [0.1, 0.15) is 34.0 Å². The summed E-state index contributed by atoms with van der Waals surface area (Å²) in [5.41, 5.74) is 0.681. The van der Waals surface area contributed by atoms with Crippen molar-refractivity contribution in [2.24, 2.45) is 0 Å². The van der Waals surface area contributed by atoms with E-state index in [2.05, 4.69) is 4.74 Å². The van der Waals surface area contributed by atoms with Crippen LogP contribution in [0.25, 0.3) is 22.1 Å². The lowest BCUT2D eigenvalue weighted by Gasteiger charge is -2.12. The van der Waals surface area contributed by atoms with Crippen molar-refractivity contribution in [2.75, 3.05) is 7.11 Å². The van der Waals surface area contributed by atoms with Crippen LogP contribution in [0.3, 0.4) is 0 Å². The molecule has 7 nitrogen and oxygen atoms in total. The number of rotatable bonds is 10. The van der Waals surface area contributed by atoms with Crippen molar-refractivity contribution in [1.29, 1.82) is 0 Å². The monoisotopic (exact) mass is 440 g/mol. The maximum atomic E-state index is 13.3. The zero-order valence-corrected chi connectivity index (χ0v) is 18.1. The van der Waals surface area contributed by atoms with E-state index in [1.165, 1.54) is 25.3 Å². The second-order valence-corrected chi connectivity index (χ2v) is 7.81. The van der Waals surface area contributed by atoms with Gasteiger partial charge < -0.3 is 24.5 Å². The molecule has 0 saturated carbocycles. The van der Waals surface area contributed by atoms with E-state index in [9.17, 15) is 24.9 Å². The predicted octanol–water partition coefficient (Wildman–Crippen LogP) is 5.02. The maximum absolute atomic E-state index is 13.3. The summed E-state index contributed by atoms with van der Waals surface area (Å²) in [6.07, 6.45) is 6.44. The first-order valence-electron chi connectivity index (χ1n) is 10.8. The molecule has 170 valence electrons. The Kier molecular flexibility index (Phi) is 7.76. The van der Waals surface area contributed by atoms with Gasteiger partial charge in [0, 0.05) is 25.0 Å². The van der Waals surface area contributed by atoms with Gasteiger partial charge in [-0.25, -0.2) is 0 Å². The van der Waals surface area contributed by atoms with Gasteiger partial charge in [0.25, 0.3) is 0 Å². The molecule has 0 aliphatic heterocycles. The number of phenols is 3. The Morgan fingerprint density at radius 1 is 0.906 bits per heavy atom. The third-order valence-electron chi connectivity index (χ3n) is 5.45. The van der Waals surface area contributed by atoms with Crippen LogP contribution in [0, 0.1) is 0 Å². The third kappa shape index (κ3) is 5.60. The van der Waals surface area contributed by atoms with Crippen molar-refractivity contribution in [2.45, 2.75) is 51.4 Å². The number of carbonyl (C=O) groups excluding carboxylic acids is 1. The number of esters is 1. The lowest BCUT2D eigenvalue weighted by atomic mass is 9.98. The molecular formula is C25H28O7. The summed E-state index contributed by atoms with van der Waals surface area (Å²) < 4.78 is 10.6. The molecule has 1 heterocycles. The summed E-state index contributed by atoms with van der Waals surface area (Å²) in [6, 6.07) is 8.69. The molecule has 0 spiro atoms. The number of phenolic OH excluding ortho intramolecular Hbond substituents is 3. The second kappa shape index (κ2) is 10.7. The van der Waals surface area contributed by atoms with Gasteiger partial charge in [-0.15, -0.1) is 0 Å². The summed E-state index contributed by atoms with van der Waals surface area (Å²) in [6.45, 7) is 0. The summed E-state index contributed by atoms with van der Waals surface area (Å²) in [7, 11) is 1.39. The van der Waals surface area contributed by atoms with E-state index in [0.717, 1.165) is 44.6 Å². The van der Waals surface area contributed by atoms with Crippen LogP contribution < -0.4 is 5.43 Å². The highest BCUT2D eigenvalue weighted by Gasteiger charge is 2.19. The van der Waals surface area contributed by atoms with E-state index in [0.29, 0.717) is 29.7 Å². The van der Waals surface area contributed by atoms with E-state index in [4.69, 9.17) is 4.42 Å². The van der Waals surface area contributed by atoms with Crippen molar-refractivity contribution in [1.82, 2.24) is 0 Å². The van der Waals surface area contributed by atoms with Gasteiger partial charge in [-0.3, -0.25) is 9.59 Å². The first-order valence-corrected chi connectivity index (χ1v) is 10.8. The normalized spacial score (nSPS) is 11.0. The highest BCUT2D eigenvalue weighted by Crippen LogP contribution is 2.33. The van der Waals surface area contributed by atoms with Crippen molar-refractivity contribution >= 4 is 16.9 Å². The van der Waals surface area contributed by atoms with Gasteiger partial charge >= 0.3 is 5.97 Å². The number of hydrogen-bond donors (Lipinski definition) is 3. The van der Waals surface area contributed by atoms with E-state index < -0.39 is 0 Å². The number of fused-ring (bicyclic) bond motifs is 1. The summed E-state index contributed by atoms with van der Waals surface area (Å²) in [4.78, 5) is 24.4. The van der Waals surface area contributed by atoms with Gasteiger partial charge in [-0.2, -0.15) is 0 Å². The van der Waals surface area contributed by atoms with Crippen molar-refractivity contribution in [3.05, 3.63) is 52.4 Å². The van der Waals surface area contributed by atoms with E-state index in [1.54, 1.807) is 12.1 Å². The first-order chi connectivity index (χ1) is 15.4. The molecule has 0 bridgehead atoms. The molecular weight excluding hydrogens is 412 g/mol. The minimum atomic E-state index is -0.382. The summed E-state index contributed by atoms with van der Waals surface area (Å²) in [5.74, 6) is -0.153. The molecule has 0 atom stereocenters. The van der Waals surface area contributed by atoms with Crippen LogP contribution in [0.5, 0.6) is 17.2 Å². The number of ether oxygens (including phenoxy) is 1. The fourth-order valence-corrected chi connectivity index (χ4v) is 3.79. The van der Waals surface area contributed by atoms with Crippen LogP contribution in [-0.2, 0) is 16.0 Å². The average molecular weight is 440 g/mol. The van der Waals surface area contributed by atoms with Gasteiger partial charge in [-0.05, 0) is 30.5 Å². The molecule has 3 N–H and O–H groups in total. The Morgan fingerprint density at radius 3 is 2.25 bits per heavy atom. The number of benzene rings is 2. The number of aryl methyl sites for hydroxylation is 1. The van der Waals surface area contributed by atoms with Crippen molar-refractivity contribution in [3.8, 4) is 28.4 Å². The van der Waals surface area contributed by atoms with Crippen LogP contribution >= 0.6 is 0 Å². The van der Waals surface area contributed by atoms with Crippen LogP contribution in [0.2, 0.25) is 0 Å². The largest absolute Gasteiger partial charge is 0.508 e. The minimum absolute atomic E-state index is 0.0141. The lowest BCUT2D eigenvalue weighted by Crippen LogP contribution is -2.09. The Morgan fingerprint density at radius 2 is 1.56 bits per heavy atom. The Hall–Kier alpha value is -3.48. The molecule has 0 radical (unpaired) electrons. The Labute approximate surface area is 185 Å². The smallest absolute Gasteiger partial charge is 0.305 e. The van der Waals surface area contributed by atoms with Gasteiger partial charge in [0.15, 0.2) is 0 Å². The van der Waals surface area contributed by atoms with Gasteiger partial charge in [0.2, 0.25) is 5.43 Å². The van der Waals surface area contributed by atoms with E-state index in [1.807, 2.05) is 0 Å².